The van der Waals surface area contributed by atoms with Gasteiger partial charge < -0.3 is 20.5 Å². The highest BCUT2D eigenvalue weighted by Gasteiger charge is 2.20. The third-order valence-corrected chi connectivity index (χ3v) is 3.01. The lowest BCUT2D eigenvalue weighted by Gasteiger charge is -2.12. The molecule has 1 aliphatic rings. The van der Waals surface area contributed by atoms with Crippen molar-refractivity contribution >= 4 is 5.91 Å². The van der Waals surface area contributed by atoms with E-state index < -0.39 is 0 Å². The monoisotopic (exact) mass is 264 g/mol. The second-order valence-corrected chi connectivity index (χ2v) is 4.71. The maximum atomic E-state index is 10.7. The predicted octanol–water partition coefficient (Wildman–Crippen LogP) is 1.20. The molecule has 2 rings (SSSR count). The van der Waals surface area contributed by atoms with Gasteiger partial charge in [-0.05, 0) is 30.5 Å². The van der Waals surface area contributed by atoms with E-state index in [4.69, 9.17) is 15.2 Å². The number of rotatable bonds is 8. The van der Waals surface area contributed by atoms with Crippen molar-refractivity contribution in [1.82, 2.24) is 5.32 Å². The number of methoxy groups -OCH3 is 1. The van der Waals surface area contributed by atoms with E-state index in [9.17, 15) is 4.79 Å². The quantitative estimate of drug-likeness (QED) is 0.740. The number of carbonyl (C=O) groups is 1. The van der Waals surface area contributed by atoms with Gasteiger partial charge in [0.15, 0.2) is 11.5 Å². The number of ether oxygens (including phenoxy) is 2. The Kier molecular flexibility index (Phi) is 4.63. The molecule has 0 aliphatic heterocycles. The zero-order chi connectivity index (χ0) is 13.7. The summed E-state index contributed by atoms with van der Waals surface area (Å²) in [5.41, 5.74) is 6.22. The molecule has 1 fully saturated rings. The van der Waals surface area contributed by atoms with Gasteiger partial charge >= 0.3 is 0 Å². The first kappa shape index (κ1) is 13.7. The van der Waals surface area contributed by atoms with Crippen LogP contribution in [-0.2, 0) is 11.3 Å². The van der Waals surface area contributed by atoms with Crippen molar-refractivity contribution in [3.05, 3.63) is 23.8 Å². The van der Waals surface area contributed by atoms with Crippen molar-refractivity contribution < 1.29 is 14.3 Å². The number of hydrogen-bond acceptors (Lipinski definition) is 4. The maximum Gasteiger partial charge on any atom is 0.220 e. The fraction of sp³-hybridized carbons (Fsp3) is 0.500. The Morgan fingerprint density at radius 1 is 1.42 bits per heavy atom. The van der Waals surface area contributed by atoms with E-state index >= 15 is 0 Å². The van der Waals surface area contributed by atoms with E-state index in [0.29, 0.717) is 17.5 Å². The Morgan fingerprint density at radius 3 is 2.84 bits per heavy atom. The standard InChI is InChI=1S/C14H20N2O3/c1-18-13-8-10(9-16-11-3-4-11)2-5-12(13)19-7-6-14(15)17/h2,5,8,11,16H,3-4,6-7,9H2,1H3,(H2,15,17). The normalized spacial score (nSPS) is 14.2. The van der Waals surface area contributed by atoms with Crippen LogP contribution in [0.2, 0.25) is 0 Å². The molecule has 0 unspecified atom stereocenters. The summed E-state index contributed by atoms with van der Waals surface area (Å²) in [6.07, 6.45) is 2.74. The van der Waals surface area contributed by atoms with E-state index in [0.717, 1.165) is 12.1 Å². The number of nitrogens with one attached hydrogen (secondary N) is 1. The third kappa shape index (κ3) is 4.44. The minimum atomic E-state index is -0.371. The van der Waals surface area contributed by atoms with Crippen LogP contribution in [0.4, 0.5) is 0 Å². The zero-order valence-corrected chi connectivity index (χ0v) is 11.1. The topological polar surface area (TPSA) is 73.6 Å². The molecule has 1 aromatic rings. The van der Waals surface area contributed by atoms with Crippen molar-refractivity contribution in [2.45, 2.75) is 31.8 Å². The molecule has 0 bridgehead atoms. The predicted molar refractivity (Wildman–Crippen MR) is 72.2 cm³/mol. The molecule has 1 aromatic carbocycles. The van der Waals surface area contributed by atoms with Gasteiger partial charge in [-0.3, -0.25) is 4.79 Å². The van der Waals surface area contributed by atoms with Gasteiger partial charge in [-0.1, -0.05) is 6.07 Å². The lowest BCUT2D eigenvalue weighted by atomic mass is 10.2. The van der Waals surface area contributed by atoms with Crippen LogP contribution in [0.15, 0.2) is 18.2 Å². The first-order valence-electron chi connectivity index (χ1n) is 6.50. The minimum Gasteiger partial charge on any atom is -0.493 e. The van der Waals surface area contributed by atoms with Crippen molar-refractivity contribution in [2.24, 2.45) is 5.73 Å². The maximum absolute atomic E-state index is 10.7. The molecule has 1 saturated carbocycles. The molecule has 3 N–H and O–H groups in total. The first-order valence-corrected chi connectivity index (χ1v) is 6.50. The fourth-order valence-corrected chi connectivity index (χ4v) is 1.75. The van der Waals surface area contributed by atoms with Crippen molar-refractivity contribution in [3.63, 3.8) is 0 Å². The van der Waals surface area contributed by atoms with Gasteiger partial charge in [-0.25, -0.2) is 0 Å². The van der Waals surface area contributed by atoms with Crippen LogP contribution in [0.1, 0.15) is 24.8 Å². The summed E-state index contributed by atoms with van der Waals surface area (Å²) < 4.78 is 10.8. The summed E-state index contributed by atoms with van der Waals surface area (Å²) in [6, 6.07) is 6.49. The Bertz CT molecular complexity index is 444. The van der Waals surface area contributed by atoms with Crippen LogP contribution in [0.5, 0.6) is 11.5 Å². The van der Waals surface area contributed by atoms with Crippen LogP contribution in [0, 0.1) is 0 Å². The van der Waals surface area contributed by atoms with E-state index in [2.05, 4.69) is 5.32 Å². The number of amides is 1. The number of carbonyl (C=O) groups excluding carboxylic acids is 1. The average Bonchev–Trinajstić information content (AvgIpc) is 3.21. The Labute approximate surface area is 113 Å². The summed E-state index contributed by atoms with van der Waals surface area (Å²) >= 11 is 0. The molecule has 19 heavy (non-hydrogen) atoms. The van der Waals surface area contributed by atoms with E-state index in [1.165, 1.54) is 12.8 Å². The van der Waals surface area contributed by atoms with Crippen LogP contribution >= 0.6 is 0 Å². The molecular formula is C14H20N2O3. The highest BCUT2D eigenvalue weighted by atomic mass is 16.5. The molecule has 0 atom stereocenters. The molecule has 5 nitrogen and oxygen atoms in total. The Balaban J connectivity index is 1.92. The molecule has 0 aromatic heterocycles. The van der Waals surface area contributed by atoms with Crippen LogP contribution in [0.25, 0.3) is 0 Å². The largest absolute Gasteiger partial charge is 0.493 e. The zero-order valence-electron chi connectivity index (χ0n) is 11.1. The van der Waals surface area contributed by atoms with Gasteiger partial charge in [0.05, 0.1) is 20.1 Å². The summed E-state index contributed by atoms with van der Waals surface area (Å²) in [6.45, 7) is 1.11. The molecule has 5 heteroatoms. The highest BCUT2D eigenvalue weighted by Crippen LogP contribution is 2.28. The molecule has 1 amide bonds. The number of nitrogens with two attached hydrogens (primary N) is 1. The first-order chi connectivity index (χ1) is 9.19. The van der Waals surface area contributed by atoms with Crippen LogP contribution in [0.3, 0.4) is 0 Å². The summed E-state index contributed by atoms with van der Waals surface area (Å²) in [4.78, 5) is 10.7. The van der Waals surface area contributed by atoms with E-state index in [1.54, 1.807) is 7.11 Å². The van der Waals surface area contributed by atoms with Crippen LogP contribution in [-0.4, -0.2) is 25.7 Å². The smallest absolute Gasteiger partial charge is 0.220 e. The van der Waals surface area contributed by atoms with Crippen molar-refractivity contribution in [3.8, 4) is 11.5 Å². The fourth-order valence-electron chi connectivity index (χ4n) is 1.75. The van der Waals surface area contributed by atoms with Gasteiger partial charge in [0.1, 0.15) is 0 Å². The summed E-state index contributed by atoms with van der Waals surface area (Å²) in [5, 5.41) is 3.44. The second kappa shape index (κ2) is 6.43. The van der Waals surface area contributed by atoms with Crippen LogP contribution < -0.4 is 20.5 Å². The number of benzene rings is 1. The Morgan fingerprint density at radius 2 is 2.21 bits per heavy atom. The second-order valence-electron chi connectivity index (χ2n) is 4.71. The van der Waals surface area contributed by atoms with Crippen molar-refractivity contribution in [1.29, 1.82) is 0 Å². The van der Waals surface area contributed by atoms with E-state index in [1.807, 2.05) is 18.2 Å². The summed E-state index contributed by atoms with van der Waals surface area (Å²) in [7, 11) is 1.61. The molecule has 0 heterocycles. The van der Waals surface area contributed by atoms with Gasteiger partial charge in [0.25, 0.3) is 0 Å². The molecule has 0 radical (unpaired) electrons. The van der Waals surface area contributed by atoms with Gasteiger partial charge in [-0.2, -0.15) is 0 Å². The van der Waals surface area contributed by atoms with Gasteiger partial charge in [-0.15, -0.1) is 0 Å². The molecule has 0 saturated heterocycles. The molecule has 1 aliphatic carbocycles. The van der Waals surface area contributed by atoms with Crippen molar-refractivity contribution in [2.75, 3.05) is 13.7 Å². The number of hydrogen-bond donors (Lipinski definition) is 2. The summed E-state index contributed by atoms with van der Waals surface area (Å²) in [5.74, 6) is 0.947. The molecule has 104 valence electrons. The average molecular weight is 264 g/mol. The number of primary amides is 1. The molecular weight excluding hydrogens is 244 g/mol. The Hall–Kier alpha value is -1.75. The van der Waals surface area contributed by atoms with E-state index in [-0.39, 0.29) is 18.9 Å². The third-order valence-electron chi connectivity index (χ3n) is 3.01. The minimum absolute atomic E-state index is 0.203. The molecule has 0 spiro atoms. The SMILES string of the molecule is COc1cc(CNC2CC2)ccc1OCCC(N)=O. The van der Waals surface area contributed by atoms with Gasteiger partial charge in [0.2, 0.25) is 5.91 Å². The highest BCUT2D eigenvalue weighted by molar-refractivity contribution is 5.73. The van der Waals surface area contributed by atoms with Gasteiger partial charge in [0, 0.05) is 12.6 Å². The lowest BCUT2D eigenvalue weighted by Crippen LogP contribution is -2.16. The lowest BCUT2D eigenvalue weighted by molar-refractivity contribution is -0.118.